The van der Waals surface area contributed by atoms with E-state index in [2.05, 4.69) is 29.7 Å². The summed E-state index contributed by atoms with van der Waals surface area (Å²) in [6.45, 7) is 2.95. The number of hydrogen-bond acceptors (Lipinski definition) is 6. The van der Waals surface area contributed by atoms with Crippen LogP contribution in [-0.4, -0.2) is 44.0 Å². The van der Waals surface area contributed by atoms with Crippen LogP contribution in [0, 0.1) is 5.92 Å². The highest BCUT2D eigenvalue weighted by Crippen LogP contribution is 2.22. The Labute approximate surface area is 278 Å². The van der Waals surface area contributed by atoms with Crippen molar-refractivity contribution in [3.63, 3.8) is 0 Å². The molecule has 2 N–H and O–H groups in total. The van der Waals surface area contributed by atoms with E-state index in [0.29, 0.717) is 42.1 Å². The lowest BCUT2D eigenvalue weighted by atomic mass is 9.92. The number of ether oxygens (including phenoxy) is 2. The number of rotatable bonds is 19. The molecule has 1 amide bonds. The van der Waals surface area contributed by atoms with Crippen LogP contribution in [0.25, 0.3) is 0 Å². The highest BCUT2D eigenvalue weighted by atomic mass is 16.5. The van der Waals surface area contributed by atoms with Crippen molar-refractivity contribution < 1.29 is 23.9 Å². The highest BCUT2D eigenvalue weighted by Gasteiger charge is 2.23. The standard InChI is InChI=1S/C40H46N2O5/c1-3-4-5-10-19-33(28-30-15-8-6-9-16-30)39(44)41-26-27-47-34-24-22-31(23-25-34)29-37(40(45)46-2)42-36-21-14-13-20-35(36)38(43)32-17-11-7-12-18-32/h6-9,11-18,20-25,33,37,42H,3-5,10,19,26-29H2,1-2H3,(H,41,44). The largest absolute Gasteiger partial charge is 0.492 e. The average molecular weight is 635 g/mol. The second-order valence-corrected chi connectivity index (χ2v) is 11.7. The molecule has 0 aliphatic heterocycles. The third-order valence-corrected chi connectivity index (χ3v) is 8.16. The lowest BCUT2D eigenvalue weighted by Crippen LogP contribution is -2.34. The van der Waals surface area contributed by atoms with E-state index < -0.39 is 12.0 Å². The van der Waals surface area contributed by atoms with Gasteiger partial charge >= 0.3 is 5.97 Å². The molecule has 246 valence electrons. The molecule has 0 aliphatic rings. The Morgan fingerprint density at radius 2 is 1.38 bits per heavy atom. The van der Waals surface area contributed by atoms with E-state index in [9.17, 15) is 14.4 Å². The number of para-hydroxylation sites is 1. The van der Waals surface area contributed by atoms with Crippen molar-refractivity contribution in [3.8, 4) is 5.75 Å². The second kappa shape index (κ2) is 18.9. The summed E-state index contributed by atoms with van der Waals surface area (Å²) in [6, 6.07) is 33.2. The van der Waals surface area contributed by atoms with E-state index in [1.165, 1.54) is 25.5 Å². The SMILES string of the molecule is CCCCCCC(Cc1ccccc1)C(=O)NCCOc1ccc(CC(Nc2ccccc2C(=O)c2ccccc2)C(=O)OC)cc1. The van der Waals surface area contributed by atoms with Crippen molar-refractivity contribution in [3.05, 3.63) is 131 Å². The van der Waals surface area contributed by atoms with Gasteiger partial charge in [-0.3, -0.25) is 9.59 Å². The normalized spacial score (nSPS) is 12.0. The molecular weight excluding hydrogens is 588 g/mol. The molecule has 0 radical (unpaired) electrons. The molecule has 2 unspecified atom stereocenters. The van der Waals surface area contributed by atoms with Gasteiger partial charge < -0.3 is 20.1 Å². The van der Waals surface area contributed by atoms with Crippen molar-refractivity contribution in [2.75, 3.05) is 25.6 Å². The molecule has 0 saturated carbocycles. The van der Waals surface area contributed by atoms with Crippen LogP contribution in [0.1, 0.15) is 66.1 Å². The Hall–Kier alpha value is -4.91. The van der Waals surface area contributed by atoms with Gasteiger partial charge in [0.25, 0.3) is 0 Å². The maximum absolute atomic E-state index is 13.2. The minimum atomic E-state index is -0.711. The third kappa shape index (κ3) is 11.1. The van der Waals surface area contributed by atoms with E-state index in [4.69, 9.17) is 9.47 Å². The van der Waals surface area contributed by atoms with Crippen LogP contribution in [0.2, 0.25) is 0 Å². The van der Waals surface area contributed by atoms with Crippen molar-refractivity contribution in [1.29, 1.82) is 0 Å². The Bertz CT molecular complexity index is 1540. The van der Waals surface area contributed by atoms with E-state index in [1.807, 2.05) is 66.7 Å². The maximum Gasteiger partial charge on any atom is 0.328 e. The smallest absolute Gasteiger partial charge is 0.328 e. The Kier molecular flexibility index (Phi) is 14.1. The van der Waals surface area contributed by atoms with E-state index in [0.717, 1.165) is 31.2 Å². The first-order chi connectivity index (χ1) is 23.0. The summed E-state index contributed by atoms with van der Waals surface area (Å²) in [6.07, 6.45) is 6.51. The van der Waals surface area contributed by atoms with Gasteiger partial charge in [-0.25, -0.2) is 4.79 Å². The summed E-state index contributed by atoms with van der Waals surface area (Å²) in [5.41, 5.74) is 3.68. The number of hydrogen-bond donors (Lipinski definition) is 2. The zero-order chi connectivity index (χ0) is 33.3. The molecule has 4 aromatic carbocycles. The summed E-state index contributed by atoms with van der Waals surface area (Å²) >= 11 is 0. The minimum Gasteiger partial charge on any atom is -0.492 e. The van der Waals surface area contributed by atoms with Crippen molar-refractivity contribution in [1.82, 2.24) is 5.32 Å². The number of nitrogens with one attached hydrogen (secondary N) is 2. The van der Waals surface area contributed by atoms with Gasteiger partial charge in [0.05, 0.1) is 13.7 Å². The van der Waals surface area contributed by atoms with E-state index in [1.54, 1.807) is 30.3 Å². The van der Waals surface area contributed by atoms with Crippen LogP contribution in [0.3, 0.4) is 0 Å². The molecule has 0 aromatic heterocycles. The molecule has 0 spiro atoms. The molecule has 0 bridgehead atoms. The first-order valence-electron chi connectivity index (χ1n) is 16.5. The van der Waals surface area contributed by atoms with Gasteiger partial charge in [-0.2, -0.15) is 0 Å². The maximum atomic E-state index is 13.2. The summed E-state index contributed by atoms with van der Waals surface area (Å²) in [4.78, 5) is 39.1. The van der Waals surface area contributed by atoms with Gasteiger partial charge in [-0.1, -0.05) is 118 Å². The number of carbonyl (C=O) groups is 3. The predicted molar refractivity (Wildman–Crippen MR) is 187 cm³/mol. The number of methoxy groups -OCH3 is 1. The molecule has 0 fully saturated rings. The Morgan fingerprint density at radius 1 is 0.723 bits per heavy atom. The number of anilines is 1. The van der Waals surface area contributed by atoms with Crippen LogP contribution >= 0.6 is 0 Å². The van der Waals surface area contributed by atoms with Crippen molar-refractivity contribution in [2.45, 2.75) is 57.9 Å². The Balaban J connectivity index is 1.30. The monoisotopic (exact) mass is 634 g/mol. The fourth-order valence-electron chi connectivity index (χ4n) is 5.56. The number of esters is 1. The number of benzene rings is 4. The molecule has 0 aliphatic carbocycles. The van der Waals surface area contributed by atoms with Crippen LogP contribution < -0.4 is 15.4 Å². The van der Waals surface area contributed by atoms with Gasteiger partial charge in [0.2, 0.25) is 5.91 Å². The summed E-state index contributed by atoms with van der Waals surface area (Å²) < 4.78 is 11.0. The highest BCUT2D eigenvalue weighted by molar-refractivity contribution is 6.12. The van der Waals surface area contributed by atoms with Gasteiger partial charge in [0.15, 0.2) is 5.78 Å². The first kappa shape index (κ1) is 35.0. The summed E-state index contributed by atoms with van der Waals surface area (Å²) in [5, 5.41) is 6.31. The van der Waals surface area contributed by atoms with Gasteiger partial charge in [0, 0.05) is 29.2 Å². The molecular formula is C40H46N2O5. The van der Waals surface area contributed by atoms with E-state index >= 15 is 0 Å². The number of ketones is 1. The van der Waals surface area contributed by atoms with Gasteiger partial charge in [-0.05, 0) is 48.2 Å². The molecule has 4 rings (SSSR count). The molecule has 7 nitrogen and oxygen atoms in total. The van der Waals surface area contributed by atoms with Crippen molar-refractivity contribution >= 4 is 23.3 Å². The first-order valence-corrected chi connectivity index (χ1v) is 16.5. The molecule has 0 saturated heterocycles. The quantitative estimate of drug-likeness (QED) is 0.0633. The summed E-state index contributed by atoms with van der Waals surface area (Å²) in [5.74, 6) is 0.114. The average Bonchev–Trinajstić information content (AvgIpc) is 3.12. The minimum absolute atomic E-state index is 0.0617. The third-order valence-electron chi connectivity index (χ3n) is 8.16. The Morgan fingerprint density at radius 3 is 2.09 bits per heavy atom. The van der Waals surface area contributed by atoms with Crippen LogP contribution in [0.4, 0.5) is 5.69 Å². The molecule has 4 aromatic rings. The summed E-state index contributed by atoms with van der Waals surface area (Å²) in [7, 11) is 1.35. The number of unbranched alkanes of at least 4 members (excludes halogenated alkanes) is 3. The lowest BCUT2D eigenvalue weighted by molar-refractivity contribution is -0.141. The molecule has 7 heteroatoms. The van der Waals surface area contributed by atoms with Crippen LogP contribution in [0.15, 0.2) is 109 Å². The topological polar surface area (TPSA) is 93.7 Å². The molecule has 2 atom stereocenters. The number of carbonyl (C=O) groups excluding carboxylic acids is 3. The second-order valence-electron chi connectivity index (χ2n) is 11.7. The molecule has 0 heterocycles. The predicted octanol–water partition coefficient (Wildman–Crippen LogP) is 7.44. The fraction of sp³-hybridized carbons (Fsp3) is 0.325. The fourth-order valence-corrected chi connectivity index (χ4v) is 5.56. The van der Waals surface area contributed by atoms with Crippen LogP contribution in [-0.2, 0) is 27.2 Å². The van der Waals surface area contributed by atoms with Crippen molar-refractivity contribution in [2.24, 2.45) is 5.92 Å². The zero-order valence-electron chi connectivity index (χ0n) is 27.5. The number of amides is 1. The van der Waals surface area contributed by atoms with Gasteiger partial charge in [0.1, 0.15) is 18.4 Å². The van der Waals surface area contributed by atoms with Crippen LogP contribution in [0.5, 0.6) is 5.75 Å². The lowest BCUT2D eigenvalue weighted by Gasteiger charge is -2.20. The van der Waals surface area contributed by atoms with Gasteiger partial charge in [-0.15, -0.1) is 0 Å². The zero-order valence-corrected chi connectivity index (χ0v) is 27.5. The molecule has 47 heavy (non-hydrogen) atoms. The van der Waals surface area contributed by atoms with E-state index in [-0.39, 0.29) is 17.6 Å².